The minimum absolute atomic E-state index is 0.703. The first-order valence-electron chi connectivity index (χ1n) is 1.67. The molecule has 0 atom stereocenters. The third-order valence-electron chi connectivity index (χ3n) is 0.362. The Balaban J connectivity index is 2.68. The molecule has 0 aromatic carbocycles. The van der Waals surface area contributed by atoms with Gasteiger partial charge in [0, 0.05) is 0 Å². The summed E-state index contributed by atoms with van der Waals surface area (Å²) in [6.07, 6.45) is 0. The van der Waals surface area contributed by atoms with Gasteiger partial charge in [-0.3, -0.25) is 0 Å². The molecule has 0 aliphatic carbocycles. The van der Waals surface area contributed by atoms with Crippen LogP contribution in [-0.2, 0) is 20.1 Å². The molecule has 0 saturated carbocycles. The van der Waals surface area contributed by atoms with Crippen molar-refractivity contribution in [3.8, 4) is 0 Å². The number of hydrogen-bond donors (Lipinski definition) is 1. The summed E-state index contributed by atoms with van der Waals surface area (Å²) in [5, 5.41) is 0. The minimum atomic E-state index is 0.703. The topological polar surface area (TPSA) is 15.3 Å². The first-order valence-corrected chi connectivity index (χ1v) is 3.40. The summed E-state index contributed by atoms with van der Waals surface area (Å²) in [5.41, 5.74) is 0. The number of halogens is 2. The van der Waals surface area contributed by atoms with Gasteiger partial charge >= 0.3 is 64.5 Å². The monoisotopic (exact) mass is 322 g/mol. The fourth-order valence-electron chi connectivity index (χ4n) is 0.120. The van der Waals surface area contributed by atoms with Crippen molar-refractivity contribution in [1.29, 1.82) is 0 Å². The third kappa shape index (κ3) is 7.19. The standard InChI is InChI=1S/C2H5Cl2N2.Pt/c3-5-1-2-6-4;/h5H,1-2H2;/q-1;+1. The van der Waals surface area contributed by atoms with Crippen molar-refractivity contribution in [2.45, 2.75) is 0 Å². The summed E-state index contributed by atoms with van der Waals surface area (Å²) in [6.45, 7) is 1.45. The Morgan fingerprint density at radius 3 is 2.43 bits per heavy atom. The summed E-state index contributed by atoms with van der Waals surface area (Å²) in [5.74, 6) is 0. The zero-order valence-corrected chi connectivity index (χ0v) is 7.22. The Bertz CT molecular complexity index is 42.7. The Hall–Kier alpha value is 1.19. The van der Waals surface area contributed by atoms with Crippen LogP contribution >= 0.6 is 23.6 Å². The second-order valence-electron chi connectivity index (χ2n) is 0.880. The Labute approximate surface area is 64.6 Å². The Morgan fingerprint density at radius 1 is 1.71 bits per heavy atom. The van der Waals surface area contributed by atoms with Crippen molar-refractivity contribution in [3.05, 3.63) is 0 Å². The van der Waals surface area contributed by atoms with Crippen LogP contribution in [0.25, 0.3) is 0 Å². The van der Waals surface area contributed by atoms with Crippen molar-refractivity contribution in [2.75, 3.05) is 13.1 Å². The van der Waals surface area contributed by atoms with Gasteiger partial charge in [0.15, 0.2) is 0 Å². The number of rotatable bonds is 3. The molecular weight excluding hydrogens is 318 g/mol. The van der Waals surface area contributed by atoms with Crippen LogP contribution in [0.2, 0.25) is 0 Å². The van der Waals surface area contributed by atoms with E-state index in [1.54, 1.807) is 0 Å². The average Bonchev–Trinajstić information content (AvgIpc) is 1.61. The third-order valence-corrected chi connectivity index (χ3v) is 1.23. The molecule has 0 aromatic heterocycles. The van der Waals surface area contributed by atoms with Gasteiger partial charge in [-0.15, -0.1) is 0 Å². The van der Waals surface area contributed by atoms with Gasteiger partial charge in [-0.1, -0.05) is 0 Å². The molecule has 0 unspecified atom stereocenters. The van der Waals surface area contributed by atoms with Gasteiger partial charge in [0.1, 0.15) is 0 Å². The molecule has 2 nitrogen and oxygen atoms in total. The number of nitrogens with zero attached hydrogens (tertiary/aromatic N) is 1. The molecule has 0 saturated heterocycles. The van der Waals surface area contributed by atoms with Gasteiger partial charge in [0.25, 0.3) is 0 Å². The fourth-order valence-corrected chi connectivity index (χ4v) is 0.543. The van der Waals surface area contributed by atoms with E-state index in [1.165, 1.54) is 2.98 Å². The summed E-state index contributed by atoms with van der Waals surface area (Å²) < 4.78 is 1.51. The first kappa shape index (κ1) is 8.19. The molecule has 0 rings (SSSR count). The van der Waals surface area contributed by atoms with E-state index in [4.69, 9.17) is 23.6 Å². The van der Waals surface area contributed by atoms with E-state index < -0.39 is 0 Å². The molecule has 0 aromatic rings. The Kier molecular flexibility index (Phi) is 6.23. The van der Waals surface area contributed by atoms with Crippen LogP contribution in [0.5, 0.6) is 0 Å². The molecule has 0 heterocycles. The predicted molar refractivity (Wildman–Crippen MR) is 26.4 cm³/mol. The first-order chi connectivity index (χ1) is 3.27. The second-order valence-corrected chi connectivity index (χ2v) is 3.36. The quantitative estimate of drug-likeness (QED) is 0.768. The summed E-state index contributed by atoms with van der Waals surface area (Å²) in [7, 11) is 0. The van der Waals surface area contributed by atoms with Crippen molar-refractivity contribution in [2.24, 2.45) is 0 Å². The normalized spacial score (nSPS) is 10.4. The van der Waals surface area contributed by atoms with Crippen LogP contribution in [0.4, 0.5) is 0 Å². The van der Waals surface area contributed by atoms with Gasteiger partial charge in [-0.25, -0.2) is 0 Å². The molecule has 0 spiro atoms. The van der Waals surface area contributed by atoms with Gasteiger partial charge in [-0.05, 0) is 0 Å². The molecule has 7 heavy (non-hydrogen) atoms. The second kappa shape index (κ2) is 5.33. The van der Waals surface area contributed by atoms with E-state index in [9.17, 15) is 0 Å². The molecule has 0 fully saturated rings. The van der Waals surface area contributed by atoms with Crippen LogP contribution < -0.4 is 4.84 Å². The fraction of sp³-hybridized carbons (Fsp3) is 1.00. The van der Waals surface area contributed by atoms with Gasteiger partial charge in [-0.2, -0.15) is 0 Å². The number of nitrogens with one attached hydrogen (secondary N) is 1. The Morgan fingerprint density at radius 2 is 2.29 bits per heavy atom. The summed E-state index contributed by atoms with van der Waals surface area (Å²) in [4.78, 5) is 2.44. The summed E-state index contributed by atoms with van der Waals surface area (Å²) in [6, 6.07) is 0. The van der Waals surface area contributed by atoms with E-state index in [0.717, 1.165) is 6.54 Å². The zero-order valence-electron chi connectivity index (χ0n) is 3.43. The number of hydrogen-bond acceptors (Lipinski definition) is 2. The zero-order chi connectivity index (χ0) is 5.70. The molecule has 47 valence electrons. The maximum atomic E-state index is 5.38. The van der Waals surface area contributed by atoms with E-state index in [-0.39, 0.29) is 0 Å². The molecule has 0 bridgehead atoms. The van der Waals surface area contributed by atoms with E-state index in [2.05, 4.69) is 4.84 Å². The molecular formula is C2H5Cl2N2Pt. The van der Waals surface area contributed by atoms with E-state index >= 15 is 0 Å². The molecule has 0 amide bonds. The van der Waals surface area contributed by atoms with Gasteiger partial charge in [0.2, 0.25) is 0 Å². The molecule has 0 aliphatic rings. The maximum absolute atomic E-state index is 5.38. The van der Waals surface area contributed by atoms with Gasteiger partial charge < -0.3 is 0 Å². The van der Waals surface area contributed by atoms with Crippen molar-refractivity contribution < 1.29 is 20.1 Å². The van der Waals surface area contributed by atoms with E-state index in [0.29, 0.717) is 6.54 Å². The predicted octanol–water partition coefficient (Wildman–Crippen LogP) is 0.647. The average molecular weight is 323 g/mol. The molecule has 1 N–H and O–H groups in total. The van der Waals surface area contributed by atoms with Crippen LogP contribution in [0.3, 0.4) is 0 Å². The van der Waals surface area contributed by atoms with Crippen LogP contribution in [0, 0.1) is 0 Å². The molecule has 5 heteroatoms. The van der Waals surface area contributed by atoms with Gasteiger partial charge in [0.05, 0.1) is 0 Å². The van der Waals surface area contributed by atoms with Crippen LogP contribution in [0.15, 0.2) is 0 Å². The summed E-state index contributed by atoms with van der Waals surface area (Å²) >= 11 is 12.4. The van der Waals surface area contributed by atoms with E-state index in [1.807, 2.05) is 20.1 Å². The SMILES string of the molecule is ClNCC[N](Cl)[Pt]. The van der Waals surface area contributed by atoms with Crippen molar-refractivity contribution >= 4 is 23.6 Å². The molecule has 0 radical (unpaired) electrons. The van der Waals surface area contributed by atoms with Crippen LogP contribution in [-0.4, -0.2) is 16.1 Å². The molecule has 0 aliphatic heterocycles. The van der Waals surface area contributed by atoms with Crippen LogP contribution in [0.1, 0.15) is 0 Å². The van der Waals surface area contributed by atoms with Crippen molar-refractivity contribution in [3.63, 3.8) is 0 Å². The van der Waals surface area contributed by atoms with Crippen molar-refractivity contribution in [1.82, 2.24) is 7.81 Å².